The molecule has 1 aromatic carbocycles. The minimum absolute atomic E-state index is 0.0383. The van der Waals surface area contributed by atoms with Crippen LogP contribution in [0.25, 0.3) is 0 Å². The Kier molecular flexibility index (Phi) is 3.55. The summed E-state index contributed by atoms with van der Waals surface area (Å²) in [6.07, 6.45) is 5.45. The van der Waals surface area contributed by atoms with E-state index in [4.69, 9.17) is 4.74 Å². The van der Waals surface area contributed by atoms with Crippen molar-refractivity contribution in [3.63, 3.8) is 0 Å². The number of Topliss-reactive ketones (excluding diaryl/α,β-unsaturated/α-hetero) is 1. The van der Waals surface area contributed by atoms with Crippen molar-refractivity contribution in [1.82, 2.24) is 0 Å². The molecule has 0 amide bonds. The van der Waals surface area contributed by atoms with E-state index in [1.807, 2.05) is 0 Å². The summed E-state index contributed by atoms with van der Waals surface area (Å²) < 4.78 is 19.4. The van der Waals surface area contributed by atoms with Crippen LogP contribution in [0.1, 0.15) is 63.0 Å². The lowest BCUT2D eigenvalue weighted by Crippen LogP contribution is -2.42. The monoisotopic (exact) mass is 330 g/mol. The van der Waals surface area contributed by atoms with Gasteiger partial charge in [-0.1, -0.05) is 6.92 Å². The minimum atomic E-state index is -0.500. The quantitative estimate of drug-likeness (QED) is 0.573. The normalized spacial score (nSPS) is 34.3. The standard InChI is InChI=1S/C20H23FO3/c1-11(22)24-18-9-12-3-4-14-13(15(12)10-17(18)21)7-8-20(2)16(14)5-6-19(20)23/h9-10,13-14,16H,3-8H2,1-2H3/t13?,14?,16?,20-/m0/s1. The zero-order valence-electron chi connectivity index (χ0n) is 14.2. The Bertz CT molecular complexity index is 726. The molecule has 0 N–H and O–H groups in total. The molecule has 0 radical (unpaired) electrons. The molecule has 3 aliphatic carbocycles. The lowest BCUT2D eigenvalue weighted by Gasteiger charge is -2.48. The Morgan fingerprint density at radius 3 is 2.79 bits per heavy atom. The largest absolute Gasteiger partial charge is 0.424 e. The third kappa shape index (κ3) is 2.22. The van der Waals surface area contributed by atoms with Gasteiger partial charge in [-0.3, -0.25) is 9.59 Å². The van der Waals surface area contributed by atoms with Crippen molar-refractivity contribution >= 4 is 11.8 Å². The molecule has 0 heterocycles. The van der Waals surface area contributed by atoms with Crippen LogP contribution in [0, 0.1) is 23.1 Å². The van der Waals surface area contributed by atoms with Gasteiger partial charge in [0.15, 0.2) is 11.6 Å². The third-order valence-corrected chi connectivity index (χ3v) is 6.74. The van der Waals surface area contributed by atoms with Crippen LogP contribution in [-0.2, 0) is 16.0 Å². The molecule has 0 aromatic heterocycles. The van der Waals surface area contributed by atoms with Gasteiger partial charge >= 0.3 is 5.97 Å². The van der Waals surface area contributed by atoms with E-state index >= 15 is 0 Å². The first-order chi connectivity index (χ1) is 11.4. The highest BCUT2D eigenvalue weighted by Crippen LogP contribution is 2.59. The highest BCUT2D eigenvalue weighted by molar-refractivity contribution is 5.87. The fraction of sp³-hybridized carbons (Fsp3) is 0.600. The zero-order chi connectivity index (χ0) is 17.1. The maximum absolute atomic E-state index is 14.4. The van der Waals surface area contributed by atoms with Gasteiger partial charge in [0, 0.05) is 18.8 Å². The topological polar surface area (TPSA) is 43.4 Å². The molecule has 4 heteroatoms. The summed E-state index contributed by atoms with van der Waals surface area (Å²) in [5, 5.41) is 0. The maximum Gasteiger partial charge on any atom is 0.308 e. The number of carbonyl (C=O) groups is 2. The maximum atomic E-state index is 14.4. The molecule has 0 spiro atoms. The Hall–Kier alpha value is -1.71. The van der Waals surface area contributed by atoms with Crippen molar-refractivity contribution in [2.45, 2.75) is 58.3 Å². The molecule has 1 aromatic rings. The van der Waals surface area contributed by atoms with Crippen molar-refractivity contribution in [3.8, 4) is 5.75 Å². The second-order valence-corrected chi connectivity index (χ2v) is 7.91. The number of benzene rings is 1. The molecule has 4 atom stereocenters. The molecule has 4 rings (SSSR count). The smallest absolute Gasteiger partial charge is 0.308 e. The number of halogens is 1. The molecule has 128 valence electrons. The summed E-state index contributed by atoms with van der Waals surface area (Å²) >= 11 is 0. The minimum Gasteiger partial charge on any atom is -0.424 e. The SMILES string of the molecule is CC(=O)Oc1cc2c(cc1F)C1CC[C@]3(C)C(=O)CCC3C1CC2. The number of esters is 1. The van der Waals surface area contributed by atoms with E-state index in [1.165, 1.54) is 6.92 Å². The van der Waals surface area contributed by atoms with Crippen LogP contribution in [0.5, 0.6) is 5.75 Å². The number of fused-ring (bicyclic) bond motifs is 5. The van der Waals surface area contributed by atoms with Crippen molar-refractivity contribution in [1.29, 1.82) is 0 Å². The number of hydrogen-bond acceptors (Lipinski definition) is 3. The molecule has 3 nitrogen and oxygen atoms in total. The van der Waals surface area contributed by atoms with E-state index in [9.17, 15) is 14.0 Å². The van der Waals surface area contributed by atoms with E-state index in [0.717, 1.165) is 43.2 Å². The third-order valence-electron chi connectivity index (χ3n) is 6.74. The number of carbonyl (C=O) groups excluding carboxylic acids is 2. The lowest BCUT2D eigenvalue weighted by atomic mass is 9.55. The molecule has 24 heavy (non-hydrogen) atoms. The van der Waals surface area contributed by atoms with Crippen molar-refractivity contribution in [2.75, 3.05) is 0 Å². The molecular weight excluding hydrogens is 307 g/mol. The summed E-state index contributed by atoms with van der Waals surface area (Å²) in [5.74, 6) is 0.749. The highest BCUT2D eigenvalue weighted by Gasteiger charge is 2.54. The summed E-state index contributed by atoms with van der Waals surface area (Å²) in [6, 6.07) is 3.28. The number of hydrogen-bond donors (Lipinski definition) is 0. The van der Waals surface area contributed by atoms with Crippen molar-refractivity contribution < 1.29 is 18.7 Å². The number of ether oxygens (including phenoxy) is 1. The van der Waals surface area contributed by atoms with E-state index in [2.05, 4.69) is 6.92 Å². The molecule has 2 saturated carbocycles. The van der Waals surface area contributed by atoms with E-state index in [1.54, 1.807) is 12.1 Å². The summed E-state index contributed by atoms with van der Waals surface area (Å²) in [4.78, 5) is 23.5. The first kappa shape index (κ1) is 15.8. The Morgan fingerprint density at radius 1 is 1.25 bits per heavy atom. The first-order valence-electron chi connectivity index (χ1n) is 8.94. The molecule has 0 aliphatic heterocycles. The Labute approximate surface area is 141 Å². The summed E-state index contributed by atoms with van der Waals surface area (Å²) in [7, 11) is 0. The predicted octanol–water partition coefficient (Wildman–Crippen LogP) is 4.18. The van der Waals surface area contributed by atoms with Crippen LogP contribution in [0.4, 0.5) is 4.39 Å². The van der Waals surface area contributed by atoms with E-state index < -0.39 is 11.8 Å². The average Bonchev–Trinajstić information content (AvgIpc) is 2.83. The highest BCUT2D eigenvalue weighted by atomic mass is 19.1. The van der Waals surface area contributed by atoms with Crippen LogP contribution in [0.2, 0.25) is 0 Å². The molecule has 0 saturated heterocycles. The second kappa shape index (κ2) is 5.40. The van der Waals surface area contributed by atoms with Crippen LogP contribution in [-0.4, -0.2) is 11.8 Å². The van der Waals surface area contributed by atoms with Crippen LogP contribution >= 0.6 is 0 Å². The zero-order valence-corrected chi connectivity index (χ0v) is 14.2. The number of ketones is 1. The Balaban J connectivity index is 1.69. The van der Waals surface area contributed by atoms with Crippen LogP contribution in [0.15, 0.2) is 12.1 Å². The fourth-order valence-corrected chi connectivity index (χ4v) is 5.58. The van der Waals surface area contributed by atoms with Gasteiger partial charge < -0.3 is 4.74 Å². The Morgan fingerprint density at radius 2 is 2.04 bits per heavy atom. The van der Waals surface area contributed by atoms with Crippen molar-refractivity contribution in [2.24, 2.45) is 17.3 Å². The number of aryl methyl sites for hydroxylation is 1. The van der Waals surface area contributed by atoms with Crippen LogP contribution in [0.3, 0.4) is 0 Å². The lowest BCUT2D eigenvalue weighted by molar-refractivity contribution is -0.132. The van der Waals surface area contributed by atoms with Gasteiger partial charge in [0.25, 0.3) is 0 Å². The summed E-state index contributed by atoms with van der Waals surface area (Å²) in [6.45, 7) is 3.43. The van der Waals surface area contributed by atoms with E-state index in [0.29, 0.717) is 30.0 Å². The predicted molar refractivity (Wildman–Crippen MR) is 87.3 cm³/mol. The van der Waals surface area contributed by atoms with Gasteiger partial charge in [-0.2, -0.15) is 0 Å². The van der Waals surface area contributed by atoms with Gasteiger partial charge in [-0.15, -0.1) is 0 Å². The van der Waals surface area contributed by atoms with Gasteiger partial charge in [-0.05, 0) is 73.1 Å². The number of rotatable bonds is 1. The van der Waals surface area contributed by atoms with Gasteiger partial charge in [0.05, 0.1) is 0 Å². The first-order valence-corrected chi connectivity index (χ1v) is 8.94. The fourth-order valence-electron chi connectivity index (χ4n) is 5.58. The second-order valence-electron chi connectivity index (χ2n) is 7.91. The molecule has 3 unspecified atom stereocenters. The van der Waals surface area contributed by atoms with Gasteiger partial charge in [0.1, 0.15) is 5.78 Å². The molecule has 2 fully saturated rings. The molecule has 3 aliphatic rings. The molecular formula is C20H23FO3. The van der Waals surface area contributed by atoms with Crippen molar-refractivity contribution in [3.05, 3.63) is 29.1 Å². The summed E-state index contributed by atoms with van der Waals surface area (Å²) in [5.41, 5.74) is 2.01. The van der Waals surface area contributed by atoms with Crippen LogP contribution < -0.4 is 4.74 Å². The molecule has 0 bridgehead atoms. The average molecular weight is 330 g/mol. The van der Waals surface area contributed by atoms with Gasteiger partial charge in [-0.25, -0.2) is 4.39 Å². The van der Waals surface area contributed by atoms with E-state index in [-0.39, 0.29) is 11.2 Å². The van der Waals surface area contributed by atoms with Gasteiger partial charge in [0.2, 0.25) is 0 Å².